The predicted molar refractivity (Wildman–Crippen MR) is 118 cm³/mol. The molecule has 6 heteroatoms. The Balaban J connectivity index is 0.00000338. The smallest absolute Gasteiger partial charge is 0.193 e. The van der Waals surface area contributed by atoms with E-state index in [9.17, 15) is 0 Å². The molecule has 0 amide bonds. The second-order valence-electron chi connectivity index (χ2n) is 6.62. The first-order valence-corrected chi connectivity index (χ1v) is 9.44. The Kier molecular flexibility index (Phi) is 11.9. The van der Waals surface area contributed by atoms with Crippen LogP contribution in [-0.2, 0) is 9.47 Å². The normalized spacial score (nSPS) is 18.3. The van der Waals surface area contributed by atoms with Crippen LogP contribution in [0.15, 0.2) is 35.3 Å². The molecule has 1 aromatic carbocycles. The molecule has 1 N–H and O–H groups in total. The first-order valence-electron chi connectivity index (χ1n) is 9.44. The number of hydrogen-bond donors (Lipinski definition) is 1. The van der Waals surface area contributed by atoms with Gasteiger partial charge in [0.1, 0.15) is 0 Å². The molecule has 0 spiro atoms. The monoisotopic (exact) mass is 475 g/mol. The van der Waals surface area contributed by atoms with Gasteiger partial charge in [0.2, 0.25) is 0 Å². The SMILES string of the molecule is CCNC(=NCCCOC(C)c1ccccc1)N(C)CC1CCOC1.I. The molecule has 2 atom stereocenters. The summed E-state index contributed by atoms with van der Waals surface area (Å²) >= 11 is 0. The first-order chi connectivity index (χ1) is 12.2. The van der Waals surface area contributed by atoms with Gasteiger partial charge < -0.3 is 19.7 Å². The van der Waals surface area contributed by atoms with Crippen molar-refractivity contribution >= 4 is 29.9 Å². The standard InChI is InChI=1S/C20H33N3O2.HI/c1-4-21-20(23(3)15-18-11-14-24-16-18)22-12-8-13-25-17(2)19-9-6-5-7-10-19;/h5-7,9-10,17-18H,4,8,11-16H2,1-3H3,(H,21,22);1H. The van der Waals surface area contributed by atoms with Crippen molar-refractivity contribution in [1.82, 2.24) is 10.2 Å². The van der Waals surface area contributed by atoms with E-state index in [0.717, 1.165) is 58.3 Å². The van der Waals surface area contributed by atoms with Crippen LogP contribution in [0.25, 0.3) is 0 Å². The van der Waals surface area contributed by atoms with Crippen molar-refractivity contribution < 1.29 is 9.47 Å². The first kappa shape index (κ1) is 23.2. The maximum atomic E-state index is 5.92. The van der Waals surface area contributed by atoms with Gasteiger partial charge in [0.15, 0.2) is 5.96 Å². The highest BCUT2D eigenvalue weighted by molar-refractivity contribution is 14.0. The highest BCUT2D eigenvalue weighted by Gasteiger charge is 2.18. The quantitative estimate of drug-likeness (QED) is 0.256. The molecule has 1 aliphatic heterocycles. The van der Waals surface area contributed by atoms with E-state index in [-0.39, 0.29) is 30.1 Å². The third-order valence-electron chi connectivity index (χ3n) is 4.45. The molecule has 2 unspecified atom stereocenters. The maximum Gasteiger partial charge on any atom is 0.193 e. The molecule has 1 aromatic rings. The molecule has 5 nitrogen and oxygen atoms in total. The van der Waals surface area contributed by atoms with Crippen LogP contribution in [-0.4, -0.2) is 57.4 Å². The summed E-state index contributed by atoms with van der Waals surface area (Å²) in [6.45, 7) is 9.33. The van der Waals surface area contributed by atoms with E-state index in [1.807, 2.05) is 18.2 Å². The minimum absolute atomic E-state index is 0. The van der Waals surface area contributed by atoms with Gasteiger partial charge in [-0.2, -0.15) is 0 Å². The zero-order valence-corrected chi connectivity index (χ0v) is 18.6. The lowest BCUT2D eigenvalue weighted by molar-refractivity contribution is 0.0651. The number of guanidine groups is 1. The van der Waals surface area contributed by atoms with Crippen LogP contribution in [0, 0.1) is 5.92 Å². The summed E-state index contributed by atoms with van der Waals surface area (Å²) in [5.41, 5.74) is 1.22. The number of halogens is 1. The minimum Gasteiger partial charge on any atom is -0.381 e. The Morgan fingerprint density at radius 1 is 1.38 bits per heavy atom. The predicted octanol–water partition coefficient (Wildman–Crippen LogP) is 3.71. The Bertz CT molecular complexity index is 507. The Hall–Kier alpha value is -0.860. The Labute approximate surface area is 175 Å². The second-order valence-corrected chi connectivity index (χ2v) is 6.62. The van der Waals surface area contributed by atoms with E-state index in [1.54, 1.807) is 0 Å². The van der Waals surface area contributed by atoms with Crippen molar-refractivity contribution in [2.75, 3.05) is 46.5 Å². The molecule has 1 aliphatic rings. The molecular weight excluding hydrogens is 441 g/mol. The van der Waals surface area contributed by atoms with Crippen LogP contribution in [0.4, 0.5) is 0 Å². The van der Waals surface area contributed by atoms with Crippen molar-refractivity contribution in [3.05, 3.63) is 35.9 Å². The zero-order chi connectivity index (χ0) is 17.9. The fourth-order valence-electron chi connectivity index (χ4n) is 3.00. The van der Waals surface area contributed by atoms with Gasteiger partial charge in [-0.05, 0) is 32.3 Å². The lowest BCUT2D eigenvalue weighted by atomic mass is 10.1. The Morgan fingerprint density at radius 2 is 2.15 bits per heavy atom. The summed E-state index contributed by atoms with van der Waals surface area (Å²) in [7, 11) is 2.10. The summed E-state index contributed by atoms with van der Waals surface area (Å²) < 4.78 is 11.4. The average Bonchev–Trinajstić information content (AvgIpc) is 3.14. The van der Waals surface area contributed by atoms with Crippen LogP contribution in [0.2, 0.25) is 0 Å². The van der Waals surface area contributed by atoms with Gasteiger partial charge in [-0.3, -0.25) is 4.99 Å². The number of ether oxygens (including phenoxy) is 2. The lowest BCUT2D eigenvalue weighted by Gasteiger charge is -2.24. The van der Waals surface area contributed by atoms with E-state index in [1.165, 1.54) is 5.56 Å². The molecule has 0 radical (unpaired) electrons. The molecule has 26 heavy (non-hydrogen) atoms. The third kappa shape index (κ3) is 8.22. The van der Waals surface area contributed by atoms with Crippen LogP contribution in [0.1, 0.15) is 38.4 Å². The van der Waals surface area contributed by atoms with Crippen LogP contribution >= 0.6 is 24.0 Å². The summed E-state index contributed by atoms with van der Waals surface area (Å²) in [5.74, 6) is 1.59. The van der Waals surface area contributed by atoms with E-state index in [2.05, 4.69) is 43.2 Å². The van der Waals surface area contributed by atoms with Gasteiger partial charge in [-0.25, -0.2) is 0 Å². The van der Waals surface area contributed by atoms with Gasteiger partial charge in [0.05, 0.1) is 12.7 Å². The topological polar surface area (TPSA) is 46.1 Å². The van der Waals surface area contributed by atoms with Crippen molar-refractivity contribution in [3.8, 4) is 0 Å². The van der Waals surface area contributed by atoms with Crippen molar-refractivity contribution in [1.29, 1.82) is 0 Å². The molecule has 0 aromatic heterocycles. The molecular formula is C20H34IN3O2. The van der Waals surface area contributed by atoms with Gasteiger partial charge in [-0.15, -0.1) is 24.0 Å². The van der Waals surface area contributed by atoms with Crippen molar-refractivity contribution in [3.63, 3.8) is 0 Å². The minimum atomic E-state index is 0. The van der Waals surface area contributed by atoms with E-state index < -0.39 is 0 Å². The van der Waals surface area contributed by atoms with Crippen molar-refractivity contribution in [2.24, 2.45) is 10.9 Å². The van der Waals surface area contributed by atoms with Gasteiger partial charge in [0, 0.05) is 45.8 Å². The molecule has 0 saturated carbocycles. The largest absolute Gasteiger partial charge is 0.381 e. The number of hydrogen-bond acceptors (Lipinski definition) is 3. The molecule has 1 heterocycles. The summed E-state index contributed by atoms with van der Waals surface area (Å²) in [6, 6.07) is 10.3. The lowest BCUT2D eigenvalue weighted by Crippen LogP contribution is -2.41. The fraction of sp³-hybridized carbons (Fsp3) is 0.650. The third-order valence-corrected chi connectivity index (χ3v) is 4.45. The number of rotatable bonds is 9. The van der Waals surface area contributed by atoms with Gasteiger partial charge in [-0.1, -0.05) is 30.3 Å². The van der Waals surface area contributed by atoms with E-state index in [0.29, 0.717) is 5.92 Å². The number of aliphatic imine (C=N–C) groups is 1. The highest BCUT2D eigenvalue weighted by atomic mass is 127. The molecule has 0 bridgehead atoms. The van der Waals surface area contributed by atoms with E-state index in [4.69, 9.17) is 14.5 Å². The zero-order valence-electron chi connectivity index (χ0n) is 16.3. The number of nitrogens with zero attached hydrogens (tertiary/aromatic N) is 2. The average molecular weight is 475 g/mol. The molecule has 2 rings (SSSR count). The molecule has 1 saturated heterocycles. The fourth-order valence-corrected chi connectivity index (χ4v) is 3.00. The summed E-state index contributed by atoms with van der Waals surface area (Å²) in [6.07, 6.45) is 2.20. The Morgan fingerprint density at radius 3 is 2.81 bits per heavy atom. The summed E-state index contributed by atoms with van der Waals surface area (Å²) in [4.78, 5) is 6.95. The van der Waals surface area contributed by atoms with Crippen LogP contribution < -0.4 is 5.32 Å². The maximum absolute atomic E-state index is 5.92. The second kappa shape index (κ2) is 13.3. The number of nitrogens with one attached hydrogen (secondary N) is 1. The highest BCUT2D eigenvalue weighted by Crippen LogP contribution is 2.16. The van der Waals surface area contributed by atoms with Crippen LogP contribution in [0.3, 0.4) is 0 Å². The molecule has 1 fully saturated rings. The van der Waals surface area contributed by atoms with E-state index >= 15 is 0 Å². The van der Waals surface area contributed by atoms with Crippen molar-refractivity contribution in [2.45, 2.75) is 32.8 Å². The van der Waals surface area contributed by atoms with Crippen LogP contribution in [0.5, 0.6) is 0 Å². The number of benzene rings is 1. The molecule has 148 valence electrons. The van der Waals surface area contributed by atoms with Gasteiger partial charge in [0.25, 0.3) is 0 Å². The van der Waals surface area contributed by atoms with Gasteiger partial charge >= 0.3 is 0 Å². The summed E-state index contributed by atoms with van der Waals surface area (Å²) in [5, 5.41) is 3.38. The molecule has 0 aliphatic carbocycles.